The van der Waals surface area contributed by atoms with Crippen LogP contribution in [0, 0.1) is 0 Å². The maximum atomic E-state index is 12.7. The molecule has 546 valence electrons. The van der Waals surface area contributed by atoms with Crippen molar-refractivity contribution in [2.45, 2.75) is 164 Å². The molecule has 1 unspecified atom stereocenters. The van der Waals surface area contributed by atoms with Crippen molar-refractivity contribution in [1.29, 1.82) is 0 Å². The van der Waals surface area contributed by atoms with Crippen LogP contribution in [0.15, 0.2) is 159 Å². The Balaban J connectivity index is 1.44. The van der Waals surface area contributed by atoms with E-state index in [1.807, 2.05) is 0 Å². The van der Waals surface area contributed by atoms with E-state index in [9.17, 15) is 33.9 Å². The molecular weight excluding hydrogens is 1360 g/mol. The van der Waals surface area contributed by atoms with E-state index in [1.54, 1.807) is 225 Å². The van der Waals surface area contributed by atoms with E-state index in [2.05, 4.69) is 26.6 Å². The number of hydrogen-bond donors (Lipinski definition) is 6. The van der Waals surface area contributed by atoms with Crippen molar-refractivity contribution < 1.29 is 84.7 Å². The average molecular weight is 1450 g/mol. The molecule has 0 radical (unpaired) electrons. The lowest BCUT2D eigenvalue weighted by atomic mass is 10.1. The number of nitrogens with one attached hydrogen (secondary N) is 5. The van der Waals surface area contributed by atoms with Gasteiger partial charge in [-0.25, -0.2) is 28.8 Å². The van der Waals surface area contributed by atoms with Crippen molar-refractivity contribution in [2.75, 3.05) is 32.7 Å². The Kier molecular flexibility index (Phi) is 26.8. The smallest absolute Gasteiger partial charge is 0.460 e. The number of nitrogens with zero attached hydrogens (tertiary/aromatic N) is 3. The van der Waals surface area contributed by atoms with Crippen molar-refractivity contribution in [3.8, 4) is 34.5 Å². The van der Waals surface area contributed by atoms with Gasteiger partial charge in [0.15, 0.2) is 0 Å². The summed E-state index contributed by atoms with van der Waals surface area (Å²) in [6.07, 6.45) is -0.877. The summed E-state index contributed by atoms with van der Waals surface area (Å²) in [6, 6.07) is 40.3. The van der Waals surface area contributed by atoms with Gasteiger partial charge in [-0.3, -0.25) is 0 Å². The molecule has 7 rings (SSSR count). The number of aromatic carboxylic acids is 1. The Morgan fingerprint density at radius 3 is 0.594 bits per heavy atom. The number of carboxylic acids is 1. The molecule has 0 fully saturated rings. The Morgan fingerprint density at radius 1 is 0.287 bits per heavy atom. The fraction of sp³-hybridized carbons (Fsp3) is 0.417. The van der Waals surface area contributed by atoms with Gasteiger partial charge in [-0.05, 0) is 249 Å². The third-order valence-electron chi connectivity index (χ3n) is 13.2. The van der Waals surface area contributed by atoms with E-state index >= 15 is 0 Å². The normalized spacial score (nSPS) is 14.8. The number of benzene rings is 6. The second kappa shape index (κ2) is 34.3. The van der Waals surface area contributed by atoms with E-state index in [0.717, 1.165) is 27.8 Å². The van der Waals surface area contributed by atoms with Crippen LogP contribution in [0.1, 0.15) is 142 Å². The molecule has 6 aromatic rings. The number of alkyl carbamates (subject to hydrolysis) is 5. The second-order valence-corrected chi connectivity index (χ2v) is 34.4. The minimum atomic E-state index is -4.60. The van der Waals surface area contributed by atoms with Gasteiger partial charge in [0.05, 0.1) is 5.56 Å². The van der Waals surface area contributed by atoms with Crippen LogP contribution in [-0.4, -0.2) is 102 Å². The molecule has 0 saturated carbocycles. The fourth-order valence-electron chi connectivity index (χ4n) is 8.94. The first kappa shape index (κ1) is 79.0. The molecule has 101 heavy (non-hydrogen) atoms. The molecule has 0 bridgehead atoms. The predicted molar refractivity (Wildman–Crippen MR) is 387 cm³/mol. The largest absolute Gasteiger partial charge is 0.478 e. The predicted octanol–water partition coefficient (Wildman–Crippen LogP) is 17.3. The van der Waals surface area contributed by atoms with E-state index < -0.39 is 87.4 Å². The molecule has 29 heteroatoms. The molecule has 1 aliphatic rings. The van der Waals surface area contributed by atoms with Gasteiger partial charge in [0.1, 0.15) is 62.5 Å². The van der Waals surface area contributed by atoms with Crippen molar-refractivity contribution in [1.82, 2.24) is 26.6 Å². The third kappa shape index (κ3) is 28.7. The molecule has 0 saturated heterocycles. The number of carbonyl (C=O) groups excluding carboxylic acids is 5. The molecule has 1 aliphatic heterocycles. The molecule has 5 amide bonds. The minimum Gasteiger partial charge on any atom is -0.478 e. The number of carbonyl (C=O) groups is 6. The number of ether oxygens (including phenoxy) is 5. The van der Waals surface area contributed by atoms with E-state index in [1.165, 1.54) is 24.3 Å². The quantitative estimate of drug-likeness (QED) is 0.0196. The molecule has 0 aromatic heterocycles. The van der Waals surface area contributed by atoms with Gasteiger partial charge in [-0.2, -0.15) is 0 Å². The summed E-state index contributed by atoms with van der Waals surface area (Å²) in [4.78, 5) is 75.6. The van der Waals surface area contributed by atoms with Gasteiger partial charge in [0, 0.05) is 32.7 Å². The van der Waals surface area contributed by atoms with Crippen LogP contribution < -0.4 is 53.7 Å². The van der Waals surface area contributed by atoms with Crippen LogP contribution in [0.4, 0.5) is 24.0 Å². The zero-order chi connectivity index (χ0) is 73.9. The van der Waals surface area contributed by atoms with E-state index in [0.29, 0.717) is 32.1 Å². The van der Waals surface area contributed by atoms with E-state index in [4.69, 9.17) is 64.4 Å². The van der Waals surface area contributed by atoms with Crippen molar-refractivity contribution in [2.24, 2.45) is 13.5 Å². The van der Waals surface area contributed by atoms with Crippen LogP contribution in [0.5, 0.6) is 34.5 Å². The number of carboxylic acid groups (broad SMARTS) is 1. The molecular formula is C72H95N8O18P3. The van der Waals surface area contributed by atoms with Gasteiger partial charge in [0.25, 0.3) is 0 Å². The van der Waals surface area contributed by atoms with Gasteiger partial charge < -0.3 is 82.5 Å². The molecule has 0 spiro atoms. The first-order chi connectivity index (χ1) is 47.3. The zero-order valence-electron chi connectivity index (χ0n) is 60.0. The highest BCUT2D eigenvalue weighted by molar-refractivity contribution is 7.79. The lowest BCUT2D eigenvalue weighted by Gasteiger charge is -2.33. The summed E-state index contributed by atoms with van der Waals surface area (Å²) in [5, 5.41) is 24.1. The summed E-state index contributed by atoms with van der Waals surface area (Å²) >= 11 is 0. The summed E-state index contributed by atoms with van der Waals surface area (Å²) in [6.45, 7) is 27.8. The van der Waals surface area contributed by atoms with Crippen LogP contribution in [0.2, 0.25) is 0 Å². The SMILES string of the molecule is CC(C)(C)OC(=O)NCCc1ccc(OP2(Oc3ccc(CCNC(=O)OC(C)(C)C)cc3)=NP(Oc3ccc(CCNC(=O)OC(C)(C)C)cc3)(Oc3ccc(CCNC(=O)OC(C)(C)C)cc3)=NP(Oc3ccc(CCNC(=O)OC(C)(C)C)cc3)(Oc3ccc(C(=O)O)cc3)=N2)cc1. The van der Waals surface area contributed by atoms with Crippen molar-refractivity contribution >= 4 is 59.4 Å². The number of hydrogen-bond acceptors (Lipinski definition) is 20. The Bertz CT molecular complexity index is 3640. The topological polar surface area (TPSA) is 321 Å². The summed E-state index contributed by atoms with van der Waals surface area (Å²) in [5.74, 6) is -0.265. The standard InChI is InChI=1S/C72H95N8O18P3/c1-68(2,3)88-63(83)73-45-40-50-16-28-56(29-17-50)93-99(94-57-30-18-51(19-31-57)41-46-74-64(84)89-69(4,5)6)78-100(95-58-32-20-52(21-33-58)42-47-75-65(85)90-70(7,8)9,96-59-34-22-53(23-35-59)43-48-76-66(86)91-71(10,11)12)80-101(79-99,98-61-38-26-55(27-39-61)62(81)82)97-60-36-24-54(25-37-60)44-49-77-67(87)92-72(13,14)15/h16-39H,40-49H2,1-15H3,(H,73,83)(H,74,84)(H,75,85)(H,76,86)(H,77,87)(H,81,82). The first-order valence-electron chi connectivity index (χ1n) is 33.0. The van der Waals surface area contributed by atoms with Gasteiger partial charge >= 0.3 is 59.4 Å². The van der Waals surface area contributed by atoms with Gasteiger partial charge in [0.2, 0.25) is 0 Å². The molecule has 1 heterocycles. The minimum absolute atomic E-state index is 0.0427. The second-order valence-electron chi connectivity index (χ2n) is 28.2. The molecule has 6 N–H and O–H groups in total. The zero-order valence-corrected chi connectivity index (χ0v) is 62.7. The highest BCUT2D eigenvalue weighted by Crippen LogP contribution is 2.78. The van der Waals surface area contributed by atoms with Gasteiger partial charge in [-0.15, -0.1) is 0 Å². The van der Waals surface area contributed by atoms with Crippen molar-refractivity contribution in [3.05, 3.63) is 179 Å². The number of amides is 5. The monoisotopic (exact) mass is 1450 g/mol. The molecule has 26 nitrogen and oxygen atoms in total. The highest BCUT2D eigenvalue weighted by Gasteiger charge is 2.49. The maximum absolute atomic E-state index is 12.7. The summed E-state index contributed by atoms with van der Waals surface area (Å²) in [5.41, 5.74) is 0.410. The average Bonchev–Trinajstić information content (AvgIpc) is 0.730. The molecule has 1 atom stereocenters. The van der Waals surface area contributed by atoms with Crippen LogP contribution in [-0.2, 0) is 55.8 Å². The van der Waals surface area contributed by atoms with Crippen LogP contribution >= 0.6 is 23.0 Å². The molecule has 6 aromatic carbocycles. The Hall–Kier alpha value is -9.37. The fourth-order valence-corrected chi connectivity index (χ4v) is 18.0. The first-order valence-corrected chi connectivity index (χ1v) is 37.6. The van der Waals surface area contributed by atoms with Crippen molar-refractivity contribution in [3.63, 3.8) is 0 Å². The van der Waals surface area contributed by atoms with Crippen LogP contribution in [0.25, 0.3) is 0 Å². The third-order valence-corrected chi connectivity index (χ3v) is 21.3. The highest BCUT2D eigenvalue weighted by atomic mass is 31.3. The summed E-state index contributed by atoms with van der Waals surface area (Å²) < 4.78 is 86.4. The Morgan fingerprint density at radius 2 is 0.446 bits per heavy atom. The van der Waals surface area contributed by atoms with Crippen LogP contribution in [0.3, 0.4) is 0 Å². The maximum Gasteiger partial charge on any atom is 0.460 e. The van der Waals surface area contributed by atoms with E-state index in [-0.39, 0.29) is 72.8 Å². The Labute approximate surface area is 591 Å². The molecule has 0 aliphatic carbocycles. The summed E-state index contributed by atoms with van der Waals surface area (Å²) in [7, 11) is -13.8. The lowest BCUT2D eigenvalue weighted by molar-refractivity contribution is 0.0517. The lowest BCUT2D eigenvalue weighted by Crippen LogP contribution is -2.33. The number of rotatable bonds is 28. The van der Waals surface area contributed by atoms with Gasteiger partial charge in [-0.1, -0.05) is 74.2 Å².